The van der Waals surface area contributed by atoms with E-state index in [0.717, 1.165) is 101 Å². The van der Waals surface area contributed by atoms with Gasteiger partial charge in [0.15, 0.2) is 0 Å². The fraction of sp³-hybridized carbons (Fsp3) is 0.941. The summed E-state index contributed by atoms with van der Waals surface area (Å²) in [4.78, 5) is 9.13. The number of nitrogens with zero attached hydrogens (tertiary/aromatic N) is 2. The van der Waals surface area contributed by atoms with Crippen LogP contribution >= 0.6 is 0 Å². The van der Waals surface area contributed by atoms with Crippen molar-refractivity contribution in [1.29, 1.82) is 0 Å². The zero-order chi connectivity index (χ0) is 29.1. The first-order valence-corrected chi connectivity index (χ1v) is 16.8. The monoisotopic (exact) mass is 550 g/mol. The van der Waals surface area contributed by atoms with Crippen LogP contribution in [0.15, 0.2) is 9.98 Å². The van der Waals surface area contributed by atoms with Crippen LogP contribution in [0, 0.1) is 35.5 Å². The zero-order valence-corrected chi connectivity index (χ0v) is 27.7. The average molecular weight is 550 g/mol. The second-order valence-corrected chi connectivity index (χ2v) is 13.4. The van der Waals surface area contributed by atoms with Gasteiger partial charge in [-0.25, -0.2) is 0 Å². The van der Waals surface area contributed by atoms with Crippen molar-refractivity contribution < 1.29 is 0 Å². The molecule has 0 heterocycles. The Balaban J connectivity index is 3.37. The predicted molar refractivity (Wildman–Crippen MR) is 178 cm³/mol. The fourth-order valence-corrected chi connectivity index (χ4v) is 5.91. The minimum Gasteiger partial charge on any atom is -0.314 e. The van der Waals surface area contributed by atoms with E-state index in [-0.39, 0.29) is 0 Å². The second kappa shape index (κ2) is 27.4. The molecule has 0 aromatic carbocycles. The summed E-state index contributed by atoms with van der Waals surface area (Å²) >= 11 is 0. The lowest BCUT2D eigenvalue weighted by atomic mass is 9.88. The van der Waals surface area contributed by atoms with E-state index < -0.39 is 0 Å². The van der Waals surface area contributed by atoms with Crippen LogP contribution in [-0.2, 0) is 0 Å². The van der Waals surface area contributed by atoms with E-state index in [0.29, 0.717) is 0 Å². The molecule has 0 radical (unpaired) electrons. The van der Waals surface area contributed by atoms with Gasteiger partial charge in [-0.3, -0.25) is 9.98 Å². The molecular formula is C34H71N5. The summed E-state index contributed by atoms with van der Waals surface area (Å²) in [7, 11) is 0. The van der Waals surface area contributed by atoms with E-state index in [4.69, 9.17) is 0 Å². The highest BCUT2D eigenvalue weighted by Crippen LogP contribution is 2.23. The van der Waals surface area contributed by atoms with Gasteiger partial charge in [-0.1, -0.05) is 68.2 Å². The van der Waals surface area contributed by atoms with E-state index >= 15 is 0 Å². The molecule has 0 saturated heterocycles. The third-order valence-electron chi connectivity index (χ3n) is 7.47. The summed E-state index contributed by atoms with van der Waals surface area (Å²) < 4.78 is 0. The molecule has 232 valence electrons. The van der Waals surface area contributed by atoms with Crippen molar-refractivity contribution in [2.24, 2.45) is 45.5 Å². The molecule has 5 heteroatoms. The molecule has 5 nitrogen and oxygen atoms in total. The van der Waals surface area contributed by atoms with Gasteiger partial charge in [0.25, 0.3) is 0 Å². The topological polar surface area (TPSA) is 60.8 Å². The van der Waals surface area contributed by atoms with E-state index in [1.54, 1.807) is 0 Å². The van der Waals surface area contributed by atoms with Crippen molar-refractivity contribution >= 4 is 12.4 Å². The molecule has 4 atom stereocenters. The van der Waals surface area contributed by atoms with Crippen molar-refractivity contribution in [3.05, 3.63) is 0 Å². The minimum atomic E-state index is 0.823. The average Bonchev–Trinajstić information content (AvgIpc) is 2.83. The molecule has 0 saturated carbocycles. The molecule has 0 aliphatic carbocycles. The van der Waals surface area contributed by atoms with Crippen LogP contribution in [-0.4, -0.2) is 64.8 Å². The molecule has 0 aromatic heterocycles. The zero-order valence-electron chi connectivity index (χ0n) is 27.7. The summed E-state index contributed by atoms with van der Waals surface area (Å²) in [6, 6.07) is 0. The molecule has 3 N–H and O–H groups in total. The van der Waals surface area contributed by atoms with Gasteiger partial charge in [-0.05, 0) is 99.3 Å². The molecule has 0 rings (SSSR count). The number of nitrogens with one attached hydrogen (secondary N) is 3. The highest BCUT2D eigenvalue weighted by Gasteiger charge is 2.11. The van der Waals surface area contributed by atoms with Crippen LogP contribution in [0.5, 0.6) is 0 Å². The second-order valence-electron chi connectivity index (χ2n) is 13.4. The van der Waals surface area contributed by atoms with E-state index in [9.17, 15) is 0 Å². The molecule has 0 aromatic rings. The maximum Gasteiger partial charge on any atom is 0.0510 e. The Bertz CT molecular complexity index is 512. The lowest BCUT2D eigenvalue weighted by molar-refractivity contribution is 0.340. The van der Waals surface area contributed by atoms with Gasteiger partial charge in [-0.2, -0.15) is 0 Å². The number of hydrogen-bond acceptors (Lipinski definition) is 5. The number of aliphatic imine (C=N–C) groups is 2. The van der Waals surface area contributed by atoms with Crippen molar-refractivity contribution in [1.82, 2.24) is 16.0 Å². The van der Waals surface area contributed by atoms with Gasteiger partial charge in [-0.15, -0.1) is 0 Å². The van der Waals surface area contributed by atoms with Crippen molar-refractivity contribution in [2.75, 3.05) is 52.4 Å². The van der Waals surface area contributed by atoms with E-state index in [1.807, 2.05) is 0 Å². The third kappa shape index (κ3) is 30.0. The quantitative estimate of drug-likeness (QED) is 0.0693. The molecule has 0 spiro atoms. The van der Waals surface area contributed by atoms with Crippen LogP contribution in [0.2, 0.25) is 0 Å². The van der Waals surface area contributed by atoms with Crippen LogP contribution in [0.3, 0.4) is 0 Å². The molecule has 4 unspecified atom stereocenters. The number of rotatable bonds is 28. The lowest BCUT2D eigenvalue weighted by Crippen LogP contribution is -2.34. The summed E-state index contributed by atoms with van der Waals surface area (Å²) in [5.74, 6) is 5.04. The van der Waals surface area contributed by atoms with Crippen molar-refractivity contribution in [2.45, 2.75) is 120 Å². The normalized spacial score (nSPS) is 15.6. The Kier molecular flexibility index (Phi) is 26.8. The van der Waals surface area contributed by atoms with E-state index in [2.05, 4.69) is 93.8 Å². The van der Waals surface area contributed by atoms with Gasteiger partial charge >= 0.3 is 0 Å². The maximum atomic E-state index is 4.56. The predicted octanol–water partition coefficient (Wildman–Crippen LogP) is 7.65. The van der Waals surface area contributed by atoms with Gasteiger partial charge in [0.2, 0.25) is 0 Å². The Morgan fingerprint density at radius 1 is 0.462 bits per heavy atom. The molecule has 0 amide bonds. The lowest BCUT2D eigenvalue weighted by Gasteiger charge is -2.18. The first-order valence-electron chi connectivity index (χ1n) is 16.8. The molecule has 0 aliphatic rings. The largest absolute Gasteiger partial charge is 0.314 e. The highest BCUT2D eigenvalue weighted by atomic mass is 15.0. The summed E-state index contributed by atoms with van der Waals surface area (Å²) in [6.07, 6.45) is 17.2. The first kappa shape index (κ1) is 38.2. The van der Waals surface area contributed by atoms with Gasteiger partial charge in [0.1, 0.15) is 0 Å². The smallest absolute Gasteiger partial charge is 0.0510 e. The summed E-state index contributed by atoms with van der Waals surface area (Å²) in [5, 5.41) is 10.4. The first-order chi connectivity index (χ1) is 18.7. The Morgan fingerprint density at radius 3 is 1.18 bits per heavy atom. The Hall–Kier alpha value is -0.780. The van der Waals surface area contributed by atoms with Gasteiger partial charge in [0.05, 0.1) is 13.1 Å². The van der Waals surface area contributed by atoms with Crippen LogP contribution in [0.4, 0.5) is 0 Å². The standard InChI is InChI=1S/C34H71N5/c1-29(2)25-33(7)27-31(5)13-9-11-15-35-17-19-37-21-23-39-24-22-38-20-18-36-16-12-10-14-32(6)28-34(8)26-30(3)4/h15-16,29-34,37-39H,9-14,17-28H2,1-8H3/b35-15+,36-16+. The molecule has 39 heavy (non-hydrogen) atoms. The molecule has 0 fully saturated rings. The van der Waals surface area contributed by atoms with Gasteiger partial charge in [0, 0.05) is 39.3 Å². The third-order valence-corrected chi connectivity index (χ3v) is 7.47. The highest BCUT2D eigenvalue weighted by molar-refractivity contribution is 5.57. The molecule has 0 aliphatic heterocycles. The Morgan fingerprint density at radius 2 is 0.821 bits per heavy atom. The summed E-state index contributed by atoms with van der Waals surface area (Å²) in [6.45, 7) is 26.7. The molecule has 0 bridgehead atoms. The number of hydrogen-bond donors (Lipinski definition) is 3. The van der Waals surface area contributed by atoms with Crippen molar-refractivity contribution in [3.8, 4) is 0 Å². The van der Waals surface area contributed by atoms with Crippen molar-refractivity contribution in [3.63, 3.8) is 0 Å². The summed E-state index contributed by atoms with van der Waals surface area (Å²) in [5.41, 5.74) is 0. The Labute approximate surface area is 245 Å². The van der Waals surface area contributed by atoms with Gasteiger partial charge < -0.3 is 16.0 Å². The number of unbranched alkanes of at least 4 members (excludes halogenated alkanes) is 2. The van der Waals surface area contributed by atoms with Crippen LogP contribution in [0.25, 0.3) is 0 Å². The fourth-order valence-electron chi connectivity index (χ4n) is 5.91. The maximum absolute atomic E-state index is 4.56. The SMILES string of the molecule is CC(C)CC(C)CC(C)CCC/C=N/CCNCCNCCNCC/N=C/CCCC(C)CC(C)CC(C)C. The van der Waals surface area contributed by atoms with E-state index in [1.165, 1.54) is 51.4 Å². The molecular weight excluding hydrogens is 478 g/mol. The minimum absolute atomic E-state index is 0.823. The van der Waals surface area contributed by atoms with Crippen LogP contribution in [0.1, 0.15) is 120 Å². The van der Waals surface area contributed by atoms with Crippen LogP contribution < -0.4 is 16.0 Å².